The number of amides is 1. The lowest BCUT2D eigenvalue weighted by Crippen LogP contribution is -2.38. The number of nitrogens with one attached hydrogen (secondary N) is 2. The van der Waals surface area contributed by atoms with Crippen molar-refractivity contribution < 1.29 is 27.8 Å². The van der Waals surface area contributed by atoms with Gasteiger partial charge >= 0.3 is 6.36 Å². The zero-order chi connectivity index (χ0) is 24.1. The Bertz CT molecular complexity index is 1130. The number of aromatic nitrogens is 3. The molecular weight excluding hydrogens is 451 g/mol. The van der Waals surface area contributed by atoms with Crippen molar-refractivity contribution in [3.05, 3.63) is 60.4 Å². The summed E-state index contributed by atoms with van der Waals surface area (Å²) < 4.78 is 40.8. The molecule has 2 aromatic carbocycles. The normalized spacial score (nSPS) is 18.2. The number of ether oxygens (including phenoxy) is 1. The molecule has 1 aromatic heterocycles. The Morgan fingerprint density at radius 2 is 1.76 bits per heavy atom. The highest BCUT2D eigenvalue weighted by Crippen LogP contribution is 2.25. The number of alkyl halides is 3. The number of hydrogen-bond acceptors (Lipinski definition) is 7. The average Bonchev–Trinajstić information content (AvgIpc) is 2.81. The van der Waals surface area contributed by atoms with Crippen LogP contribution in [0, 0.1) is 0 Å². The molecule has 0 unspecified atom stereocenters. The molecule has 1 amide bonds. The number of aliphatic hydroxyl groups is 1. The Morgan fingerprint density at radius 1 is 1.03 bits per heavy atom. The number of aliphatic hydroxyl groups excluding tert-OH is 1. The van der Waals surface area contributed by atoms with E-state index in [0.717, 1.165) is 12.8 Å². The Kier molecular flexibility index (Phi) is 6.92. The van der Waals surface area contributed by atoms with E-state index in [2.05, 4.69) is 30.3 Å². The Balaban J connectivity index is 1.44. The van der Waals surface area contributed by atoms with Crippen LogP contribution in [0.3, 0.4) is 0 Å². The molecule has 0 spiro atoms. The van der Waals surface area contributed by atoms with Gasteiger partial charge in [0.05, 0.1) is 6.10 Å². The first-order valence-corrected chi connectivity index (χ1v) is 10.7. The monoisotopic (exact) mass is 473 g/mol. The molecule has 11 heteroatoms. The first-order valence-electron chi connectivity index (χ1n) is 10.7. The van der Waals surface area contributed by atoms with Gasteiger partial charge in [-0.1, -0.05) is 12.1 Å². The van der Waals surface area contributed by atoms with E-state index in [-0.39, 0.29) is 29.8 Å². The van der Waals surface area contributed by atoms with E-state index in [1.807, 2.05) is 0 Å². The molecule has 0 radical (unpaired) electrons. The van der Waals surface area contributed by atoms with Crippen LogP contribution in [0.5, 0.6) is 5.75 Å². The van der Waals surface area contributed by atoms with Gasteiger partial charge in [0.15, 0.2) is 5.82 Å². The van der Waals surface area contributed by atoms with Gasteiger partial charge < -0.3 is 20.5 Å². The van der Waals surface area contributed by atoms with E-state index in [1.165, 1.54) is 30.6 Å². The van der Waals surface area contributed by atoms with E-state index in [4.69, 9.17) is 0 Å². The fourth-order valence-corrected chi connectivity index (χ4v) is 3.65. The summed E-state index contributed by atoms with van der Waals surface area (Å²) in [6, 6.07) is 12.0. The molecule has 3 aromatic rings. The van der Waals surface area contributed by atoms with Gasteiger partial charge in [-0.3, -0.25) is 4.79 Å². The smallest absolute Gasteiger partial charge is 0.406 e. The van der Waals surface area contributed by atoms with Gasteiger partial charge in [-0.2, -0.15) is 4.98 Å². The third-order valence-electron chi connectivity index (χ3n) is 5.33. The molecule has 0 atom stereocenters. The zero-order valence-electron chi connectivity index (χ0n) is 17.9. The van der Waals surface area contributed by atoms with Crippen molar-refractivity contribution in [2.45, 2.75) is 44.2 Å². The first kappa shape index (κ1) is 23.4. The summed E-state index contributed by atoms with van der Waals surface area (Å²) in [7, 11) is 0. The van der Waals surface area contributed by atoms with Crippen LogP contribution in [0.2, 0.25) is 0 Å². The van der Waals surface area contributed by atoms with Crippen molar-refractivity contribution in [3.63, 3.8) is 0 Å². The molecule has 1 aliphatic rings. The van der Waals surface area contributed by atoms with Crippen molar-refractivity contribution in [2.24, 2.45) is 0 Å². The summed E-state index contributed by atoms with van der Waals surface area (Å²) in [5.41, 5.74) is 1.52. The van der Waals surface area contributed by atoms with Gasteiger partial charge in [-0.05, 0) is 62.1 Å². The first-order chi connectivity index (χ1) is 16.2. The van der Waals surface area contributed by atoms with Gasteiger partial charge in [-0.25, -0.2) is 9.97 Å². The van der Waals surface area contributed by atoms with Gasteiger partial charge in [-0.15, -0.1) is 13.2 Å². The van der Waals surface area contributed by atoms with Crippen molar-refractivity contribution in [1.29, 1.82) is 0 Å². The summed E-state index contributed by atoms with van der Waals surface area (Å²) in [5, 5.41) is 15.5. The van der Waals surface area contributed by atoms with Crippen LogP contribution in [-0.4, -0.2) is 44.5 Å². The predicted molar refractivity (Wildman–Crippen MR) is 117 cm³/mol. The number of carbonyl (C=O) groups excluding carboxylic acids is 1. The molecule has 1 heterocycles. The molecule has 0 bridgehead atoms. The van der Waals surface area contributed by atoms with Crippen molar-refractivity contribution in [2.75, 3.05) is 5.32 Å². The van der Waals surface area contributed by atoms with Crippen molar-refractivity contribution in [3.8, 4) is 17.1 Å². The molecule has 1 fully saturated rings. The van der Waals surface area contributed by atoms with Crippen LogP contribution < -0.4 is 15.4 Å². The molecule has 4 rings (SSSR count). The van der Waals surface area contributed by atoms with E-state index >= 15 is 0 Å². The van der Waals surface area contributed by atoms with E-state index < -0.39 is 6.36 Å². The van der Waals surface area contributed by atoms with Crippen molar-refractivity contribution >= 4 is 17.5 Å². The molecule has 3 N–H and O–H groups in total. The quantitative estimate of drug-likeness (QED) is 0.492. The topological polar surface area (TPSA) is 109 Å². The molecule has 8 nitrogen and oxygen atoms in total. The van der Waals surface area contributed by atoms with E-state index in [9.17, 15) is 23.1 Å². The SMILES string of the molecule is O=C(NC1CCC(O)CC1)c1cccc(-c2ncnc(Nc3ccc(OC(F)(F)F)cc3)n2)c1. The summed E-state index contributed by atoms with van der Waals surface area (Å²) in [6.07, 6.45) is -0.951. The number of rotatable bonds is 6. The molecule has 1 saturated carbocycles. The van der Waals surface area contributed by atoms with Crippen LogP contribution in [0.1, 0.15) is 36.0 Å². The predicted octanol–water partition coefficient (Wildman–Crippen LogP) is 4.21. The second-order valence-corrected chi connectivity index (χ2v) is 7.89. The lowest BCUT2D eigenvalue weighted by Gasteiger charge is -2.26. The fraction of sp³-hybridized carbons (Fsp3) is 0.304. The number of hydrogen-bond donors (Lipinski definition) is 3. The lowest BCUT2D eigenvalue weighted by molar-refractivity contribution is -0.274. The molecular formula is C23H22F3N5O3. The second-order valence-electron chi connectivity index (χ2n) is 7.89. The summed E-state index contributed by atoms with van der Waals surface area (Å²) in [5.74, 6) is -0.0410. The Morgan fingerprint density at radius 3 is 2.47 bits per heavy atom. The van der Waals surface area contributed by atoms with Gasteiger partial charge in [0.25, 0.3) is 5.91 Å². The lowest BCUT2D eigenvalue weighted by atomic mass is 9.93. The maximum absolute atomic E-state index is 12.7. The van der Waals surface area contributed by atoms with Gasteiger partial charge in [0.2, 0.25) is 5.95 Å². The minimum Gasteiger partial charge on any atom is -0.406 e. The number of anilines is 2. The minimum atomic E-state index is -4.76. The zero-order valence-corrected chi connectivity index (χ0v) is 17.9. The molecule has 1 aliphatic carbocycles. The van der Waals surface area contributed by atoms with Crippen LogP contribution in [0.4, 0.5) is 24.8 Å². The number of benzene rings is 2. The summed E-state index contributed by atoms with van der Waals surface area (Å²) in [4.78, 5) is 25.2. The highest BCUT2D eigenvalue weighted by Gasteiger charge is 2.31. The van der Waals surface area contributed by atoms with E-state index in [1.54, 1.807) is 24.3 Å². The second kappa shape index (κ2) is 10.0. The van der Waals surface area contributed by atoms with Crippen LogP contribution in [0.25, 0.3) is 11.4 Å². The molecule has 0 aliphatic heterocycles. The third-order valence-corrected chi connectivity index (χ3v) is 5.33. The largest absolute Gasteiger partial charge is 0.573 e. The van der Waals surface area contributed by atoms with Gasteiger partial charge in [0.1, 0.15) is 12.1 Å². The Hall–Kier alpha value is -3.73. The highest BCUT2D eigenvalue weighted by atomic mass is 19.4. The van der Waals surface area contributed by atoms with Crippen LogP contribution in [0.15, 0.2) is 54.9 Å². The standard InChI is InChI=1S/C23H22F3N5O3/c24-23(25,26)34-19-10-6-17(7-11-19)30-22-28-13-27-20(31-22)14-2-1-3-15(12-14)21(33)29-16-4-8-18(32)9-5-16/h1-3,6-7,10-13,16,18,32H,4-5,8-9H2,(H,29,33)(H,27,28,30,31). The minimum absolute atomic E-state index is 0.0282. The fourth-order valence-electron chi connectivity index (χ4n) is 3.65. The third kappa shape index (κ3) is 6.41. The number of halogens is 3. The van der Waals surface area contributed by atoms with Crippen LogP contribution in [-0.2, 0) is 0 Å². The van der Waals surface area contributed by atoms with Gasteiger partial charge in [0, 0.05) is 22.9 Å². The summed E-state index contributed by atoms with van der Waals surface area (Å²) >= 11 is 0. The Labute approximate surface area is 193 Å². The molecule has 34 heavy (non-hydrogen) atoms. The maximum Gasteiger partial charge on any atom is 0.573 e. The number of nitrogens with zero attached hydrogens (tertiary/aromatic N) is 3. The average molecular weight is 473 g/mol. The molecule has 0 saturated heterocycles. The van der Waals surface area contributed by atoms with Crippen LogP contribution >= 0.6 is 0 Å². The molecule has 178 valence electrons. The van der Waals surface area contributed by atoms with Crippen molar-refractivity contribution in [1.82, 2.24) is 20.3 Å². The number of carbonyl (C=O) groups is 1. The summed E-state index contributed by atoms with van der Waals surface area (Å²) in [6.45, 7) is 0. The maximum atomic E-state index is 12.7. The van der Waals surface area contributed by atoms with E-state index in [0.29, 0.717) is 35.5 Å². The highest BCUT2D eigenvalue weighted by molar-refractivity contribution is 5.95.